The molecule has 0 aromatic heterocycles. The molecule has 0 bridgehead atoms. The number of piperidine rings is 1. The van der Waals surface area contributed by atoms with Gasteiger partial charge in [-0.2, -0.15) is 0 Å². The van der Waals surface area contributed by atoms with Crippen LogP contribution in [0.3, 0.4) is 0 Å². The molecule has 0 aliphatic carbocycles. The van der Waals surface area contributed by atoms with Crippen molar-refractivity contribution in [1.29, 1.82) is 0 Å². The molecule has 2 N–H and O–H groups in total. The van der Waals surface area contributed by atoms with Crippen molar-refractivity contribution >= 4 is 17.7 Å². The predicted octanol–water partition coefficient (Wildman–Crippen LogP) is 4.31. The number of halogens is 1. The zero-order chi connectivity index (χ0) is 17.7. The maximum Gasteiger partial charge on any atom is 0.304 e. The summed E-state index contributed by atoms with van der Waals surface area (Å²) in [6, 6.07) is 13.4. The molecule has 1 saturated heterocycles. The van der Waals surface area contributed by atoms with E-state index in [1.54, 1.807) is 23.9 Å². The molecule has 0 spiro atoms. The second-order valence-corrected chi connectivity index (χ2v) is 7.67. The number of nitrogens with one attached hydrogen (secondary N) is 1. The van der Waals surface area contributed by atoms with Crippen molar-refractivity contribution in [3.8, 4) is 11.5 Å². The average molecular weight is 361 g/mol. The fourth-order valence-corrected chi connectivity index (χ4v) is 4.31. The van der Waals surface area contributed by atoms with Crippen LogP contribution in [-0.4, -0.2) is 28.9 Å². The molecule has 0 unspecified atom stereocenters. The topological polar surface area (TPSA) is 58.6 Å². The number of rotatable bonds is 6. The van der Waals surface area contributed by atoms with Crippen molar-refractivity contribution in [2.75, 3.05) is 13.1 Å². The number of thioether (sulfide) groups is 1. The molecule has 1 aliphatic rings. The van der Waals surface area contributed by atoms with E-state index >= 15 is 0 Å². The molecule has 25 heavy (non-hydrogen) atoms. The number of carbonyl (C=O) groups is 1. The van der Waals surface area contributed by atoms with Gasteiger partial charge in [0.15, 0.2) is 0 Å². The lowest BCUT2D eigenvalue weighted by atomic mass is 9.93. The fourth-order valence-electron chi connectivity index (χ4n) is 2.94. The van der Waals surface area contributed by atoms with Crippen molar-refractivity contribution in [2.45, 2.75) is 28.9 Å². The quantitative estimate of drug-likeness (QED) is 0.803. The lowest BCUT2D eigenvalue weighted by Crippen LogP contribution is -2.41. The lowest BCUT2D eigenvalue weighted by molar-refractivity contribution is -0.137. The van der Waals surface area contributed by atoms with E-state index in [2.05, 4.69) is 5.32 Å². The molecular formula is C19H20FNO3S. The number of benzene rings is 2. The highest BCUT2D eigenvalue weighted by Gasteiger charge is 2.35. The molecule has 0 atom stereocenters. The molecule has 2 aromatic rings. The molecule has 1 fully saturated rings. The molecule has 2 aromatic carbocycles. The number of ether oxygens (including phenoxy) is 1. The fraction of sp³-hybridized carbons (Fsp3) is 0.316. The van der Waals surface area contributed by atoms with E-state index in [0.29, 0.717) is 11.5 Å². The molecule has 1 aliphatic heterocycles. The monoisotopic (exact) mass is 361 g/mol. The third-order valence-electron chi connectivity index (χ3n) is 4.20. The molecular weight excluding hydrogens is 341 g/mol. The Morgan fingerprint density at radius 3 is 2.20 bits per heavy atom. The van der Waals surface area contributed by atoms with Crippen LogP contribution in [0, 0.1) is 5.82 Å². The summed E-state index contributed by atoms with van der Waals surface area (Å²) >= 11 is 1.63. The van der Waals surface area contributed by atoms with Crippen LogP contribution in [0.5, 0.6) is 11.5 Å². The summed E-state index contributed by atoms with van der Waals surface area (Å²) in [5, 5.41) is 12.5. The number of hydrogen-bond acceptors (Lipinski definition) is 4. The van der Waals surface area contributed by atoms with E-state index in [0.717, 1.165) is 30.8 Å². The first-order chi connectivity index (χ1) is 12.0. The van der Waals surface area contributed by atoms with Crippen LogP contribution in [0.1, 0.15) is 19.3 Å². The van der Waals surface area contributed by atoms with E-state index < -0.39 is 5.97 Å². The third-order valence-corrected chi connectivity index (χ3v) is 5.69. The standard InChI is InChI=1S/C19H20FNO3S/c20-14-1-3-15(4-2-14)24-16-5-7-17(8-6-16)25-19(13-18(22)23)9-11-21-12-10-19/h1-8,21H,9-13H2,(H,22,23). The Kier molecular flexibility index (Phi) is 5.60. The Hall–Kier alpha value is -2.05. The maximum atomic E-state index is 12.9. The summed E-state index contributed by atoms with van der Waals surface area (Å²) in [5.74, 6) is 0.173. The van der Waals surface area contributed by atoms with Crippen LogP contribution >= 0.6 is 11.8 Å². The van der Waals surface area contributed by atoms with Gasteiger partial charge in [0, 0.05) is 9.64 Å². The highest BCUT2D eigenvalue weighted by Crippen LogP contribution is 2.42. The number of hydrogen-bond donors (Lipinski definition) is 2. The van der Waals surface area contributed by atoms with Gasteiger partial charge in [0.25, 0.3) is 0 Å². The SMILES string of the molecule is O=C(O)CC1(Sc2ccc(Oc3ccc(F)cc3)cc2)CCNCC1. The third kappa shape index (κ3) is 4.96. The van der Waals surface area contributed by atoms with Gasteiger partial charge in [-0.05, 0) is 74.5 Å². The lowest BCUT2D eigenvalue weighted by Gasteiger charge is -2.35. The van der Waals surface area contributed by atoms with Crippen LogP contribution in [0.15, 0.2) is 53.4 Å². The number of carboxylic acids is 1. The summed E-state index contributed by atoms with van der Waals surface area (Å²) in [6.07, 6.45) is 1.82. The molecule has 0 radical (unpaired) electrons. The molecule has 0 amide bonds. The smallest absolute Gasteiger partial charge is 0.304 e. The summed E-state index contributed by atoms with van der Waals surface area (Å²) < 4.78 is 18.3. The van der Waals surface area contributed by atoms with Gasteiger partial charge in [-0.3, -0.25) is 4.79 Å². The van der Waals surface area contributed by atoms with Gasteiger partial charge in [-0.25, -0.2) is 4.39 Å². The zero-order valence-corrected chi connectivity index (χ0v) is 14.5. The molecule has 132 valence electrons. The van der Waals surface area contributed by atoms with Crippen molar-refractivity contribution in [3.05, 3.63) is 54.3 Å². The minimum Gasteiger partial charge on any atom is -0.481 e. The van der Waals surface area contributed by atoms with Gasteiger partial charge < -0.3 is 15.2 Å². The molecule has 0 saturated carbocycles. The van der Waals surface area contributed by atoms with E-state index in [1.165, 1.54) is 12.1 Å². The first kappa shape index (κ1) is 17.8. The maximum absolute atomic E-state index is 12.9. The van der Waals surface area contributed by atoms with Crippen LogP contribution in [0.2, 0.25) is 0 Å². The molecule has 3 rings (SSSR count). The highest BCUT2D eigenvalue weighted by molar-refractivity contribution is 8.00. The van der Waals surface area contributed by atoms with Gasteiger partial charge in [-0.1, -0.05) is 0 Å². The Balaban J connectivity index is 1.68. The van der Waals surface area contributed by atoms with Gasteiger partial charge in [-0.15, -0.1) is 11.8 Å². The van der Waals surface area contributed by atoms with E-state index in [-0.39, 0.29) is 17.0 Å². The van der Waals surface area contributed by atoms with Gasteiger partial charge in [0.05, 0.1) is 6.42 Å². The first-order valence-corrected chi connectivity index (χ1v) is 9.01. The zero-order valence-electron chi connectivity index (χ0n) is 13.7. The minimum absolute atomic E-state index is 0.160. The number of aliphatic carboxylic acids is 1. The first-order valence-electron chi connectivity index (χ1n) is 8.20. The van der Waals surface area contributed by atoms with E-state index in [9.17, 15) is 14.3 Å². The molecule has 6 heteroatoms. The minimum atomic E-state index is -0.759. The summed E-state index contributed by atoms with van der Waals surface area (Å²) in [5.41, 5.74) is 0. The van der Waals surface area contributed by atoms with Gasteiger partial charge in [0.1, 0.15) is 17.3 Å². The van der Waals surface area contributed by atoms with Crippen molar-refractivity contribution in [1.82, 2.24) is 5.32 Å². The van der Waals surface area contributed by atoms with E-state index in [4.69, 9.17) is 4.74 Å². The summed E-state index contributed by atoms with van der Waals surface area (Å²) in [6.45, 7) is 1.68. The second kappa shape index (κ2) is 7.89. The Morgan fingerprint density at radius 1 is 1.08 bits per heavy atom. The Bertz CT molecular complexity index is 712. The average Bonchev–Trinajstić information content (AvgIpc) is 2.59. The second-order valence-electron chi connectivity index (χ2n) is 6.13. The van der Waals surface area contributed by atoms with Crippen molar-refractivity contribution in [2.24, 2.45) is 0 Å². The summed E-state index contributed by atoms with van der Waals surface area (Å²) in [7, 11) is 0. The van der Waals surface area contributed by atoms with Crippen LogP contribution < -0.4 is 10.1 Å². The summed E-state index contributed by atoms with van der Waals surface area (Å²) in [4.78, 5) is 12.3. The Labute approximate surface area is 150 Å². The largest absolute Gasteiger partial charge is 0.481 e. The van der Waals surface area contributed by atoms with Crippen LogP contribution in [0.25, 0.3) is 0 Å². The molecule has 4 nitrogen and oxygen atoms in total. The highest BCUT2D eigenvalue weighted by atomic mass is 32.2. The van der Waals surface area contributed by atoms with Crippen LogP contribution in [0.4, 0.5) is 4.39 Å². The van der Waals surface area contributed by atoms with Gasteiger partial charge >= 0.3 is 5.97 Å². The van der Waals surface area contributed by atoms with Gasteiger partial charge in [0.2, 0.25) is 0 Å². The normalized spacial score (nSPS) is 16.4. The Morgan fingerprint density at radius 2 is 1.64 bits per heavy atom. The van der Waals surface area contributed by atoms with Crippen molar-refractivity contribution < 1.29 is 19.0 Å². The van der Waals surface area contributed by atoms with Crippen molar-refractivity contribution in [3.63, 3.8) is 0 Å². The molecule has 1 heterocycles. The van der Waals surface area contributed by atoms with Crippen LogP contribution in [-0.2, 0) is 4.79 Å². The number of carboxylic acid groups (broad SMARTS) is 1. The van der Waals surface area contributed by atoms with E-state index in [1.807, 2.05) is 24.3 Å². The predicted molar refractivity (Wildman–Crippen MR) is 95.9 cm³/mol.